The van der Waals surface area contributed by atoms with Crippen molar-refractivity contribution < 1.29 is 0 Å². The van der Waals surface area contributed by atoms with E-state index in [1.807, 2.05) is 0 Å². The number of benzene rings is 10. The van der Waals surface area contributed by atoms with Gasteiger partial charge in [-0.2, -0.15) is 0 Å². The summed E-state index contributed by atoms with van der Waals surface area (Å²) in [6.45, 7) is 0. The van der Waals surface area contributed by atoms with Gasteiger partial charge in [0.2, 0.25) is 0 Å². The minimum Gasteiger partial charge on any atom is -0.310 e. The van der Waals surface area contributed by atoms with E-state index in [2.05, 4.69) is 240 Å². The number of aromatic nitrogens is 1. The van der Waals surface area contributed by atoms with Crippen molar-refractivity contribution in [2.24, 2.45) is 0 Å². The first-order valence-corrected chi connectivity index (χ1v) is 19.9. The molecule has 0 radical (unpaired) electrons. The van der Waals surface area contributed by atoms with Gasteiger partial charge in [-0.1, -0.05) is 176 Å². The molecule has 10 aromatic carbocycles. The lowest BCUT2D eigenvalue weighted by Crippen LogP contribution is -2.11. The number of para-hydroxylation sites is 3. The van der Waals surface area contributed by atoms with E-state index in [4.69, 9.17) is 0 Å². The fraction of sp³-hybridized carbons (Fsp3) is 0. The van der Waals surface area contributed by atoms with E-state index >= 15 is 0 Å². The molecule has 2 heteroatoms. The predicted octanol–water partition coefficient (Wildman–Crippen LogP) is 15.6. The molecule has 0 aliphatic heterocycles. The van der Waals surface area contributed by atoms with Crippen LogP contribution >= 0.6 is 0 Å². The van der Waals surface area contributed by atoms with Crippen LogP contribution in [0.15, 0.2) is 231 Å². The first-order chi connectivity index (χ1) is 28.8. The van der Waals surface area contributed by atoms with Crippen LogP contribution in [-0.2, 0) is 0 Å². The van der Waals surface area contributed by atoms with E-state index in [1.54, 1.807) is 0 Å². The maximum absolute atomic E-state index is 2.47. The third-order valence-electron chi connectivity index (χ3n) is 11.6. The van der Waals surface area contributed by atoms with E-state index in [-0.39, 0.29) is 0 Å². The molecule has 58 heavy (non-hydrogen) atoms. The van der Waals surface area contributed by atoms with Crippen molar-refractivity contribution in [1.29, 1.82) is 0 Å². The van der Waals surface area contributed by atoms with Gasteiger partial charge in [0, 0.05) is 33.3 Å². The smallest absolute Gasteiger partial charge is 0.0562 e. The summed E-state index contributed by atoms with van der Waals surface area (Å²) in [7, 11) is 0. The van der Waals surface area contributed by atoms with Crippen LogP contribution in [0.2, 0.25) is 0 Å². The molecule has 0 fully saturated rings. The number of fused-ring (bicyclic) bond motifs is 5. The van der Waals surface area contributed by atoms with E-state index < -0.39 is 0 Å². The summed E-state index contributed by atoms with van der Waals surface area (Å²) in [6, 6.07) is 83.8. The van der Waals surface area contributed by atoms with Gasteiger partial charge in [-0.15, -0.1) is 0 Å². The Labute approximate surface area is 338 Å². The second-order valence-corrected chi connectivity index (χ2v) is 14.9. The van der Waals surface area contributed by atoms with E-state index in [0.717, 1.165) is 33.8 Å². The molecule has 0 spiro atoms. The summed E-state index contributed by atoms with van der Waals surface area (Å²) < 4.78 is 2.47. The molecule has 272 valence electrons. The van der Waals surface area contributed by atoms with Crippen molar-refractivity contribution in [1.82, 2.24) is 4.57 Å². The third-order valence-corrected chi connectivity index (χ3v) is 11.6. The Balaban J connectivity index is 1.15. The van der Waals surface area contributed by atoms with E-state index in [0.29, 0.717) is 0 Å². The second-order valence-electron chi connectivity index (χ2n) is 14.9. The van der Waals surface area contributed by atoms with Crippen molar-refractivity contribution in [3.05, 3.63) is 231 Å². The molecule has 0 aliphatic rings. The van der Waals surface area contributed by atoms with Crippen molar-refractivity contribution >= 4 is 60.4 Å². The molecule has 0 amide bonds. The number of hydrogen-bond donors (Lipinski definition) is 0. The zero-order valence-electron chi connectivity index (χ0n) is 31.8. The summed E-state index contributed by atoms with van der Waals surface area (Å²) in [5.74, 6) is 0. The Hall–Kier alpha value is -7.68. The van der Waals surface area contributed by atoms with Gasteiger partial charge >= 0.3 is 0 Å². The van der Waals surface area contributed by atoms with Crippen LogP contribution in [0.25, 0.3) is 82.4 Å². The predicted molar refractivity (Wildman–Crippen MR) is 247 cm³/mol. The maximum Gasteiger partial charge on any atom is 0.0562 e. The highest BCUT2D eigenvalue weighted by Gasteiger charge is 2.22. The summed E-state index contributed by atoms with van der Waals surface area (Å²) in [5, 5.41) is 7.41. The molecule has 1 heterocycles. The third kappa shape index (κ3) is 5.74. The van der Waals surface area contributed by atoms with Gasteiger partial charge in [-0.3, -0.25) is 0 Å². The zero-order valence-corrected chi connectivity index (χ0v) is 31.8. The van der Waals surface area contributed by atoms with Crippen LogP contribution in [0.1, 0.15) is 0 Å². The Morgan fingerprint density at radius 2 is 0.914 bits per heavy atom. The second kappa shape index (κ2) is 14.1. The molecule has 11 aromatic rings. The first-order valence-electron chi connectivity index (χ1n) is 19.9. The van der Waals surface area contributed by atoms with Crippen LogP contribution in [0.5, 0.6) is 0 Å². The summed E-state index contributed by atoms with van der Waals surface area (Å²) in [6.07, 6.45) is 0. The quantitative estimate of drug-likeness (QED) is 0.158. The van der Waals surface area contributed by atoms with Gasteiger partial charge in [0.25, 0.3) is 0 Å². The summed E-state index contributed by atoms with van der Waals surface area (Å²) >= 11 is 0. The minimum atomic E-state index is 1.08. The molecule has 0 bridgehead atoms. The number of rotatable bonds is 7. The van der Waals surface area contributed by atoms with Crippen LogP contribution in [0.4, 0.5) is 17.1 Å². The van der Waals surface area contributed by atoms with Crippen LogP contribution < -0.4 is 4.90 Å². The molecule has 2 nitrogen and oxygen atoms in total. The van der Waals surface area contributed by atoms with Crippen molar-refractivity contribution in [3.63, 3.8) is 0 Å². The monoisotopic (exact) mass is 738 g/mol. The highest BCUT2D eigenvalue weighted by molar-refractivity contribution is 6.11. The van der Waals surface area contributed by atoms with Crippen molar-refractivity contribution in [2.75, 3.05) is 4.90 Å². The molecule has 0 aliphatic carbocycles. The maximum atomic E-state index is 2.47. The molecule has 1 aromatic heterocycles. The topological polar surface area (TPSA) is 8.17 Å². The molecule has 0 saturated heterocycles. The molecule has 0 saturated carbocycles. The Morgan fingerprint density at radius 3 is 1.78 bits per heavy atom. The lowest BCUT2D eigenvalue weighted by atomic mass is 9.95. The molecular weight excluding hydrogens is 701 g/mol. The normalized spacial score (nSPS) is 11.4. The number of anilines is 3. The standard InChI is InChI=1S/C56H38N2/c1-3-17-41(18-4-1)52-37-44(43-31-30-39-16-7-8-20-42(39)36-43)32-35-55(52)57(45-22-5-2-6-23-45)46-33-34-51-50-26-12-14-29-54(50)58(56(51)38-46)53-28-13-11-25-49(53)48-27-15-21-40-19-9-10-24-47(40)48/h1-38H. The Bertz CT molecular complexity index is 3280. The van der Waals surface area contributed by atoms with Gasteiger partial charge < -0.3 is 9.47 Å². The van der Waals surface area contributed by atoms with E-state index in [1.165, 1.54) is 65.7 Å². The molecular formula is C56H38N2. The molecule has 0 atom stereocenters. The molecule has 0 N–H and O–H groups in total. The van der Waals surface area contributed by atoms with Gasteiger partial charge in [0.05, 0.1) is 22.4 Å². The average molecular weight is 739 g/mol. The van der Waals surface area contributed by atoms with Gasteiger partial charge in [0.15, 0.2) is 0 Å². The Kier molecular flexibility index (Phi) is 8.19. The van der Waals surface area contributed by atoms with Crippen LogP contribution in [-0.4, -0.2) is 4.57 Å². The van der Waals surface area contributed by atoms with Gasteiger partial charge in [-0.25, -0.2) is 0 Å². The fourth-order valence-corrected chi connectivity index (χ4v) is 8.85. The minimum absolute atomic E-state index is 1.08. The zero-order chi connectivity index (χ0) is 38.4. The average Bonchev–Trinajstić information content (AvgIpc) is 3.63. The first kappa shape index (κ1) is 33.6. The Morgan fingerprint density at radius 1 is 0.293 bits per heavy atom. The molecule has 0 unspecified atom stereocenters. The largest absolute Gasteiger partial charge is 0.310 e. The lowest BCUT2D eigenvalue weighted by molar-refractivity contribution is 1.18. The van der Waals surface area contributed by atoms with Gasteiger partial charge in [-0.05, 0) is 98.4 Å². The summed E-state index contributed by atoms with van der Waals surface area (Å²) in [5.41, 5.74) is 13.9. The van der Waals surface area contributed by atoms with E-state index in [9.17, 15) is 0 Å². The highest BCUT2D eigenvalue weighted by Crippen LogP contribution is 2.45. The fourth-order valence-electron chi connectivity index (χ4n) is 8.85. The van der Waals surface area contributed by atoms with Gasteiger partial charge in [0.1, 0.15) is 0 Å². The van der Waals surface area contributed by atoms with Crippen LogP contribution in [0.3, 0.4) is 0 Å². The number of hydrogen-bond acceptors (Lipinski definition) is 1. The number of nitrogens with zero attached hydrogens (tertiary/aromatic N) is 2. The lowest BCUT2D eigenvalue weighted by Gasteiger charge is -2.28. The highest BCUT2D eigenvalue weighted by atomic mass is 15.1. The molecule has 11 rings (SSSR count). The van der Waals surface area contributed by atoms with Crippen LogP contribution in [0, 0.1) is 0 Å². The van der Waals surface area contributed by atoms with Crippen molar-refractivity contribution in [3.8, 4) is 39.1 Å². The SMILES string of the molecule is c1ccc(-c2cc(-c3ccc4ccccc4c3)ccc2N(c2ccccc2)c2ccc3c4ccccc4n(-c4ccccc4-c4cccc5ccccc45)c3c2)cc1. The summed E-state index contributed by atoms with van der Waals surface area (Å²) in [4.78, 5) is 2.42. The van der Waals surface area contributed by atoms with Crippen molar-refractivity contribution in [2.45, 2.75) is 0 Å².